The Morgan fingerprint density at radius 3 is 2.53 bits per heavy atom. The van der Waals surface area contributed by atoms with Crippen molar-refractivity contribution in [3.05, 3.63) is 35.2 Å². The highest BCUT2D eigenvalue weighted by Crippen LogP contribution is 2.33. The molecule has 19 heavy (non-hydrogen) atoms. The second kappa shape index (κ2) is 4.58. The molecule has 0 saturated heterocycles. The molecule has 102 valence electrons. The van der Waals surface area contributed by atoms with Crippen LogP contribution in [-0.2, 0) is 16.2 Å². The lowest BCUT2D eigenvalue weighted by Crippen LogP contribution is -2.12. The topological polar surface area (TPSA) is 73.1 Å². The van der Waals surface area contributed by atoms with Gasteiger partial charge in [0, 0.05) is 10.9 Å². The van der Waals surface area contributed by atoms with Crippen LogP contribution in [0, 0.1) is 0 Å². The number of aromatic nitrogens is 1. The monoisotopic (exact) mass is 308 g/mol. The second-order valence-electron chi connectivity index (χ2n) is 3.65. The van der Waals surface area contributed by atoms with Crippen LogP contribution >= 0.6 is 11.5 Å². The molecule has 1 heterocycles. The number of halogens is 3. The van der Waals surface area contributed by atoms with Crippen molar-refractivity contribution < 1.29 is 21.6 Å². The number of hydrogen-bond acceptors (Lipinski definition) is 4. The number of nitrogens with zero attached hydrogens (tertiary/aromatic N) is 1. The van der Waals surface area contributed by atoms with Gasteiger partial charge >= 0.3 is 6.18 Å². The minimum absolute atomic E-state index is 0.0556. The normalized spacial score (nSPS) is 12.6. The number of nitrogens with two attached hydrogens (primary N) is 1. The summed E-state index contributed by atoms with van der Waals surface area (Å²) >= 11 is 0.811. The first-order valence-electron chi connectivity index (χ1n) is 4.84. The first-order chi connectivity index (χ1) is 8.69. The van der Waals surface area contributed by atoms with Gasteiger partial charge in [-0.3, -0.25) is 0 Å². The van der Waals surface area contributed by atoms with E-state index >= 15 is 0 Å². The van der Waals surface area contributed by atoms with Gasteiger partial charge < -0.3 is 0 Å². The van der Waals surface area contributed by atoms with Crippen molar-refractivity contribution in [2.45, 2.75) is 11.1 Å². The number of sulfonamides is 1. The van der Waals surface area contributed by atoms with Gasteiger partial charge in [-0.25, -0.2) is 13.6 Å². The van der Waals surface area contributed by atoms with Gasteiger partial charge in [-0.2, -0.15) is 17.5 Å². The lowest BCUT2D eigenvalue weighted by molar-refractivity contribution is -0.137. The van der Waals surface area contributed by atoms with Gasteiger partial charge in [0.15, 0.2) is 0 Å². The molecule has 0 aliphatic heterocycles. The Kier molecular flexibility index (Phi) is 3.37. The Morgan fingerprint density at radius 1 is 1.26 bits per heavy atom. The zero-order valence-electron chi connectivity index (χ0n) is 9.18. The standard InChI is InChI=1S/C10H7F3N2O2S2/c11-10(12,13)7-3-1-2-6(4-7)9-8(5-18-15-9)19(14,16)17/h1-5H,(H2,14,16,17). The van der Waals surface area contributed by atoms with Gasteiger partial charge in [0.2, 0.25) is 10.0 Å². The molecular weight excluding hydrogens is 301 g/mol. The molecule has 2 rings (SSSR count). The van der Waals surface area contributed by atoms with Crippen LogP contribution < -0.4 is 5.14 Å². The highest BCUT2D eigenvalue weighted by atomic mass is 32.2. The molecule has 0 amide bonds. The second-order valence-corrected chi connectivity index (χ2v) is 5.81. The molecule has 9 heteroatoms. The Bertz CT molecular complexity index is 708. The summed E-state index contributed by atoms with van der Waals surface area (Å²) in [6.07, 6.45) is -4.51. The summed E-state index contributed by atoms with van der Waals surface area (Å²) in [7, 11) is -4.02. The van der Waals surface area contributed by atoms with E-state index in [4.69, 9.17) is 5.14 Å². The number of hydrogen-bond donors (Lipinski definition) is 1. The maximum absolute atomic E-state index is 12.6. The fourth-order valence-corrected chi connectivity index (χ4v) is 3.19. The van der Waals surface area contributed by atoms with E-state index in [1.54, 1.807) is 0 Å². The fourth-order valence-electron chi connectivity index (χ4n) is 1.47. The largest absolute Gasteiger partial charge is 0.416 e. The first kappa shape index (κ1) is 14.0. The Labute approximate surface area is 110 Å². The van der Waals surface area contributed by atoms with Crippen molar-refractivity contribution in [2.75, 3.05) is 0 Å². The van der Waals surface area contributed by atoms with Gasteiger partial charge in [0.25, 0.3) is 0 Å². The molecular formula is C10H7F3N2O2S2. The zero-order chi connectivity index (χ0) is 14.3. The molecule has 2 aromatic rings. The van der Waals surface area contributed by atoms with Crippen LogP contribution in [0.3, 0.4) is 0 Å². The zero-order valence-corrected chi connectivity index (χ0v) is 10.8. The van der Waals surface area contributed by atoms with E-state index in [1.807, 2.05) is 0 Å². The summed E-state index contributed by atoms with van der Waals surface area (Å²) < 4.78 is 64.1. The Hall–Kier alpha value is -1.45. The lowest BCUT2D eigenvalue weighted by Gasteiger charge is -2.08. The Morgan fingerprint density at radius 2 is 1.95 bits per heavy atom. The smallest absolute Gasteiger partial charge is 0.225 e. The van der Waals surface area contributed by atoms with E-state index in [1.165, 1.54) is 17.5 Å². The van der Waals surface area contributed by atoms with Gasteiger partial charge in [0.05, 0.1) is 5.56 Å². The SMILES string of the molecule is NS(=O)(=O)c1csnc1-c1cccc(C(F)(F)F)c1. The highest BCUT2D eigenvalue weighted by Gasteiger charge is 2.31. The fraction of sp³-hybridized carbons (Fsp3) is 0.100. The number of primary sulfonamides is 1. The van der Waals surface area contributed by atoms with Crippen LogP contribution in [-0.4, -0.2) is 12.8 Å². The van der Waals surface area contributed by atoms with Crippen LogP contribution in [0.2, 0.25) is 0 Å². The molecule has 0 atom stereocenters. The van der Waals surface area contributed by atoms with Crippen LogP contribution in [0.5, 0.6) is 0 Å². The third kappa shape index (κ3) is 2.94. The molecule has 0 spiro atoms. The average Bonchev–Trinajstić information content (AvgIpc) is 2.76. The minimum Gasteiger partial charge on any atom is -0.225 e. The van der Waals surface area contributed by atoms with Crippen molar-refractivity contribution in [3.8, 4) is 11.3 Å². The van der Waals surface area contributed by atoms with Crippen LogP contribution in [0.15, 0.2) is 34.5 Å². The summed E-state index contributed by atoms with van der Waals surface area (Å²) in [4.78, 5) is -0.281. The van der Waals surface area contributed by atoms with Crippen LogP contribution in [0.4, 0.5) is 13.2 Å². The minimum atomic E-state index is -4.51. The molecule has 0 aliphatic rings. The molecule has 2 N–H and O–H groups in total. The van der Waals surface area contributed by atoms with Crippen molar-refractivity contribution >= 4 is 21.6 Å². The predicted molar refractivity (Wildman–Crippen MR) is 63.9 cm³/mol. The van der Waals surface area contributed by atoms with Gasteiger partial charge in [-0.15, -0.1) is 0 Å². The van der Waals surface area contributed by atoms with E-state index in [2.05, 4.69) is 4.37 Å². The van der Waals surface area contributed by atoms with Gasteiger partial charge in [-0.05, 0) is 23.7 Å². The molecule has 4 nitrogen and oxygen atoms in total. The Balaban J connectivity index is 2.59. The van der Waals surface area contributed by atoms with Crippen LogP contribution in [0.25, 0.3) is 11.3 Å². The maximum Gasteiger partial charge on any atom is 0.416 e. The molecule has 1 aromatic carbocycles. The van der Waals surface area contributed by atoms with Crippen molar-refractivity contribution in [2.24, 2.45) is 5.14 Å². The van der Waals surface area contributed by atoms with Gasteiger partial charge in [-0.1, -0.05) is 12.1 Å². The average molecular weight is 308 g/mol. The molecule has 0 aliphatic carbocycles. The van der Waals surface area contributed by atoms with Crippen molar-refractivity contribution in [1.82, 2.24) is 4.37 Å². The highest BCUT2D eigenvalue weighted by molar-refractivity contribution is 7.89. The maximum atomic E-state index is 12.6. The molecule has 0 radical (unpaired) electrons. The quantitative estimate of drug-likeness (QED) is 0.926. The van der Waals surface area contributed by atoms with E-state index < -0.39 is 21.8 Å². The molecule has 0 fully saturated rings. The summed E-state index contributed by atoms with van der Waals surface area (Å²) in [5.41, 5.74) is -0.892. The third-order valence-electron chi connectivity index (χ3n) is 2.31. The summed E-state index contributed by atoms with van der Waals surface area (Å²) in [6, 6.07) is 4.26. The first-order valence-corrected chi connectivity index (χ1v) is 7.22. The summed E-state index contributed by atoms with van der Waals surface area (Å²) in [5.74, 6) is 0. The van der Waals surface area contributed by atoms with E-state index in [-0.39, 0.29) is 16.2 Å². The predicted octanol–water partition coefficient (Wildman–Crippen LogP) is 2.48. The lowest BCUT2D eigenvalue weighted by atomic mass is 10.1. The molecule has 0 unspecified atom stereocenters. The van der Waals surface area contributed by atoms with E-state index in [0.717, 1.165) is 23.7 Å². The van der Waals surface area contributed by atoms with Gasteiger partial charge in [0.1, 0.15) is 10.6 Å². The molecule has 1 aromatic heterocycles. The molecule has 0 saturated carbocycles. The number of alkyl halides is 3. The summed E-state index contributed by atoms with van der Waals surface area (Å²) in [5, 5.41) is 6.17. The van der Waals surface area contributed by atoms with Crippen LogP contribution in [0.1, 0.15) is 5.56 Å². The van der Waals surface area contributed by atoms with E-state index in [9.17, 15) is 21.6 Å². The summed E-state index contributed by atoms with van der Waals surface area (Å²) in [6.45, 7) is 0. The van der Waals surface area contributed by atoms with Crippen molar-refractivity contribution in [3.63, 3.8) is 0 Å². The van der Waals surface area contributed by atoms with Crippen molar-refractivity contribution in [1.29, 1.82) is 0 Å². The number of rotatable bonds is 2. The van der Waals surface area contributed by atoms with E-state index in [0.29, 0.717) is 0 Å². The molecule has 0 bridgehead atoms. The number of benzene rings is 1. The third-order valence-corrected chi connectivity index (χ3v) is 4.01.